The zero-order chi connectivity index (χ0) is 19.8. The largest absolute Gasteiger partial charge is 0.344 e. The number of rotatable bonds is 3. The van der Waals surface area contributed by atoms with E-state index in [0.29, 0.717) is 22.6 Å². The molecule has 0 spiro atoms. The van der Waals surface area contributed by atoms with Crippen LogP contribution in [0.5, 0.6) is 0 Å². The number of hydrogen-bond donors (Lipinski definition) is 2. The van der Waals surface area contributed by atoms with E-state index in [4.69, 9.17) is 15.7 Å². The van der Waals surface area contributed by atoms with Crippen LogP contribution in [0.25, 0.3) is 44.6 Å². The molecule has 0 aliphatic heterocycles. The molecule has 2 aromatic carbocycles. The van der Waals surface area contributed by atoms with Crippen molar-refractivity contribution in [2.24, 2.45) is 5.73 Å². The molecule has 0 bridgehead atoms. The Morgan fingerprint density at radius 3 is 2.55 bits per heavy atom. The van der Waals surface area contributed by atoms with Crippen LogP contribution >= 0.6 is 0 Å². The molecule has 0 radical (unpaired) electrons. The number of benzene rings is 2. The molecule has 3 heterocycles. The van der Waals surface area contributed by atoms with E-state index in [1.807, 2.05) is 60.7 Å². The van der Waals surface area contributed by atoms with Crippen molar-refractivity contribution >= 4 is 22.1 Å². The van der Waals surface area contributed by atoms with Crippen molar-refractivity contribution in [3.05, 3.63) is 88.8 Å². The molecule has 3 N–H and O–H groups in total. The summed E-state index contributed by atoms with van der Waals surface area (Å²) in [6.07, 6.45) is 3.37. The highest BCUT2D eigenvalue weighted by Crippen LogP contribution is 2.31. The van der Waals surface area contributed by atoms with E-state index >= 15 is 0 Å². The van der Waals surface area contributed by atoms with Crippen molar-refractivity contribution < 1.29 is 0 Å². The Morgan fingerprint density at radius 1 is 0.897 bits per heavy atom. The molecule has 0 aliphatic carbocycles. The number of aromatic amines is 1. The van der Waals surface area contributed by atoms with Crippen LogP contribution in [0.2, 0.25) is 0 Å². The minimum atomic E-state index is -0.197. The summed E-state index contributed by atoms with van der Waals surface area (Å²) in [7, 11) is 0. The van der Waals surface area contributed by atoms with Gasteiger partial charge in [-0.05, 0) is 18.2 Å². The lowest BCUT2D eigenvalue weighted by Gasteiger charge is -2.11. The maximum atomic E-state index is 12.8. The number of nitrogens with zero attached hydrogens (tertiary/aromatic N) is 3. The van der Waals surface area contributed by atoms with Crippen LogP contribution < -0.4 is 11.2 Å². The Kier molecular flexibility index (Phi) is 4.11. The summed E-state index contributed by atoms with van der Waals surface area (Å²) in [4.78, 5) is 29.8. The normalized spacial score (nSPS) is 11.2. The van der Waals surface area contributed by atoms with Crippen LogP contribution in [0.15, 0.2) is 77.9 Å². The van der Waals surface area contributed by atoms with E-state index in [2.05, 4.69) is 9.97 Å². The number of nitrogens with one attached hydrogen (secondary N) is 1. The molecule has 5 rings (SSSR count). The highest BCUT2D eigenvalue weighted by molar-refractivity contribution is 5.89. The molecule has 0 unspecified atom stereocenters. The lowest BCUT2D eigenvalue weighted by Crippen LogP contribution is -2.16. The SMILES string of the molecule is NCc1c[nH]c2nc(-c3ccccc3)c(-c3ccc4ncccc4c3)nc2c1=O. The fraction of sp³-hybridized carbons (Fsp3) is 0.0435. The van der Waals surface area contributed by atoms with Gasteiger partial charge in [-0.3, -0.25) is 9.78 Å². The number of aromatic nitrogens is 4. The molecule has 140 valence electrons. The van der Waals surface area contributed by atoms with Crippen molar-refractivity contribution in [3.8, 4) is 22.5 Å². The lowest BCUT2D eigenvalue weighted by molar-refractivity contribution is 1.03. The van der Waals surface area contributed by atoms with Crippen LogP contribution in [0.1, 0.15) is 5.56 Å². The van der Waals surface area contributed by atoms with Gasteiger partial charge in [0.25, 0.3) is 0 Å². The highest BCUT2D eigenvalue weighted by atomic mass is 16.1. The van der Waals surface area contributed by atoms with Crippen LogP contribution in [-0.4, -0.2) is 19.9 Å². The smallest absolute Gasteiger partial charge is 0.213 e. The monoisotopic (exact) mass is 379 g/mol. The molecule has 3 aromatic heterocycles. The Hall–Kier alpha value is -3.90. The third-order valence-corrected chi connectivity index (χ3v) is 4.93. The molecular formula is C23H17N5O. The van der Waals surface area contributed by atoms with E-state index in [1.165, 1.54) is 0 Å². The van der Waals surface area contributed by atoms with Gasteiger partial charge in [0, 0.05) is 41.0 Å². The van der Waals surface area contributed by atoms with E-state index in [9.17, 15) is 4.79 Å². The van der Waals surface area contributed by atoms with Crippen molar-refractivity contribution in [2.45, 2.75) is 6.54 Å². The number of nitrogens with two attached hydrogens (primary N) is 1. The van der Waals surface area contributed by atoms with E-state index in [0.717, 1.165) is 22.0 Å². The fourth-order valence-electron chi connectivity index (χ4n) is 3.44. The predicted molar refractivity (Wildman–Crippen MR) is 114 cm³/mol. The summed E-state index contributed by atoms with van der Waals surface area (Å²) in [5.74, 6) is 0. The average Bonchev–Trinajstić information content (AvgIpc) is 2.79. The quantitative estimate of drug-likeness (QED) is 0.499. The first-order chi connectivity index (χ1) is 14.2. The first-order valence-electron chi connectivity index (χ1n) is 9.27. The van der Waals surface area contributed by atoms with Gasteiger partial charge in [0.05, 0.1) is 16.9 Å². The Labute approximate surface area is 166 Å². The minimum Gasteiger partial charge on any atom is -0.344 e. The zero-order valence-corrected chi connectivity index (χ0v) is 15.5. The molecule has 0 fully saturated rings. The Morgan fingerprint density at radius 2 is 1.72 bits per heavy atom. The Bertz CT molecular complexity index is 1410. The molecule has 0 aliphatic rings. The third kappa shape index (κ3) is 2.96. The topological polar surface area (TPSA) is 97.6 Å². The van der Waals surface area contributed by atoms with Gasteiger partial charge in [-0.2, -0.15) is 0 Å². The van der Waals surface area contributed by atoms with Gasteiger partial charge in [-0.15, -0.1) is 0 Å². The zero-order valence-electron chi connectivity index (χ0n) is 15.5. The van der Waals surface area contributed by atoms with Crippen molar-refractivity contribution in [1.29, 1.82) is 0 Å². The van der Waals surface area contributed by atoms with Gasteiger partial charge in [-0.25, -0.2) is 9.97 Å². The molecule has 29 heavy (non-hydrogen) atoms. The first-order valence-corrected chi connectivity index (χ1v) is 9.27. The predicted octanol–water partition coefficient (Wildman–Crippen LogP) is 3.66. The third-order valence-electron chi connectivity index (χ3n) is 4.93. The maximum Gasteiger partial charge on any atom is 0.213 e. The lowest BCUT2D eigenvalue weighted by atomic mass is 10.0. The second kappa shape index (κ2) is 6.92. The first kappa shape index (κ1) is 17.2. The summed E-state index contributed by atoms with van der Waals surface area (Å²) >= 11 is 0. The molecular weight excluding hydrogens is 362 g/mol. The second-order valence-corrected chi connectivity index (χ2v) is 6.74. The summed E-state index contributed by atoms with van der Waals surface area (Å²) in [6.45, 7) is 0.143. The van der Waals surface area contributed by atoms with Crippen LogP contribution in [0.4, 0.5) is 0 Å². The molecule has 5 aromatic rings. The molecule has 0 saturated heterocycles. The van der Waals surface area contributed by atoms with Crippen LogP contribution in [0, 0.1) is 0 Å². The van der Waals surface area contributed by atoms with E-state index < -0.39 is 0 Å². The van der Waals surface area contributed by atoms with Gasteiger partial charge in [0.1, 0.15) is 0 Å². The van der Waals surface area contributed by atoms with Crippen molar-refractivity contribution in [2.75, 3.05) is 0 Å². The number of H-pyrrole nitrogens is 1. The molecule has 0 amide bonds. The van der Waals surface area contributed by atoms with E-state index in [-0.39, 0.29) is 17.5 Å². The summed E-state index contributed by atoms with van der Waals surface area (Å²) in [6, 6.07) is 19.6. The number of fused-ring (bicyclic) bond motifs is 2. The van der Waals surface area contributed by atoms with Gasteiger partial charge in [0.15, 0.2) is 11.2 Å². The van der Waals surface area contributed by atoms with Gasteiger partial charge in [-0.1, -0.05) is 42.5 Å². The van der Waals surface area contributed by atoms with Gasteiger partial charge < -0.3 is 10.7 Å². The second-order valence-electron chi connectivity index (χ2n) is 6.74. The molecule has 6 heteroatoms. The van der Waals surface area contributed by atoms with Gasteiger partial charge >= 0.3 is 0 Å². The standard InChI is InChI=1S/C23H17N5O/c24-12-17-13-26-23-21(22(17)29)27-20(19(28-23)14-5-2-1-3-6-14)16-8-9-18-15(11-16)7-4-10-25-18/h1-11,13H,12,24H2,(H,26,28,29). The van der Waals surface area contributed by atoms with Crippen LogP contribution in [0.3, 0.4) is 0 Å². The van der Waals surface area contributed by atoms with Gasteiger partial charge in [0.2, 0.25) is 5.43 Å². The van der Waals surface area contributed by atoms with Crippen LogP contribution in [-0.2, 0) is 6.54 Å². The molecule has 0 atom stereocenters. The Balaban J connectivity index is 1.85. The molecule has 6 nitrogen and oxygen atoms in total. The number of hydrogen-bond acceptors (Lipinski definition) is 5. The number of pyridine rings is 2. The fourth-order valence-corrected chi connectivity index (χ4v) is 3.44. The van der Waals surface area contributed by atoms with E-state index in [1.54, 1.807) is 12.4 Å². The molecule has 0 saturated carbocycles. The van der Waals surface area contributed by atoms with Crippen molar-refractivity contribution in [3.63, 3.8) is 0 Å². The summed E-state index contributed by atoms with van der Waals surface area (Å²) in [5, 5.41) is 0.996. The summed E-state index contributed by atoms with van der Waals surface area (Å²) in [5.41, 5.74) is 10.8. The highest BCUT2D eigenvalue weighted by Gasteiger charge is 2.16. The minimum absolute atomic E-state index is 0.143. The average molecular weight is 379 g/mol. The summed E-state index contributed by atoms with van der Waals surface area (Å²) < 4.78 is 0. The van der Waals surface area contributed by atoms with Crippen molar-refractivity contribution in [1.82, 2.24) is 19.9 Å². The maximum absolute atomic E-state index is 12.8.